The second-order valence-electron chi connectivity index (χ2n) is 5.61. The van der Waals surface area contributed by atoms with E-state index in [-0.39, 0.29) is 11.7 Å². The van der Waals surface area contributed by atoms with Crippen LogP contribution >= 0.6 is 0 Å². The Kier molecular flexibility index (Phi) is 4.57. The van der Waals surface area contributed by atoms with Crippen molar-refractivity contribution in [2.24, 2.45) is 0 Å². The highest BCUT2D eigenvalue weighted by Gasteiger charge is 2.17. The Morgan fingerprint density at radius 2 is 1.96 bits per heavy atom. The Morgan fingerprint density at radius 3 is 2.65 bits per heavy atom. The van der Waals surface area contributed by atoms with Gasteiger partial charge in [0.2, 0.25) is 0 Å². The normalized spacial score (nSPS) is 17.8. The van der Waals surface area contributed by atoms with Gasteiger partial charge in [0.15, 0.2) is 0 Å². The van der Waals surface area contributed by atoms with Crippen molar-refractivity contribution in [1.82, 2.24) is 0 Å². The van der Waals surface area contributed by atoms with Crippen LogP contribution in [0.15, 0.2) is 48.5 Å². The third-order valence-electron chi connectivity index (χ3n) is 3.85. The molecule has 0 bridgehead atoms. The van der Waals surface area contributed by atoms with Crippen LogP contribution in [0, 0.1) is 5.82 Å². The number of nitrogens with zero attached hydrogens (tertiary/aromatic N) is 1. The largest absolute Gasteiger partial charge is 0.375 e. The first-order valence-corrected chi connectivity index (χ1v) is 7.66. The summed E-state index contributed by atoms with van der Waals surface area (Å²) < 4.78 is 19.1. The Balaban J connectivity index is 1.68. The van der Waals surface area contributed by atoms with E-state index in [0.717, 1.165) is 18.8 Å². The van der Waals surface area contributed by atoms with E-state index in [0.29, 0.717) is 12.3 Å². The van der Waals surface area contributed by atoms with Gasteiger partial charge in [-0.3, -0.25) is 4.79 Å². The molecule has 0 aliphatic carbocycles. The first kappa shape index (κ1) is 15.5. The molecule has 1 aliphatic rings. The number of morpholine rings is 1. The summed E-state index contributed by atoms with van der Waals surface area (Å²) in [5.41, 5.74) is 1.77. The highest BCUT2D eigenvalue weighted by atomic mass is 19.1. The fourth-order valence-electron chi connectivity index (χ4n) is 2.65. The van der Waals surface area contributed by atoms with E-state index in [9.17, 15) is 9.18 Å². The summed E-state index contributed by atoms with van der Waals surface area (Å²) in [6.45, 7) is 4.47. The number of rotatable bonds is 3. The van der Waals surface area contributed by atoms with Crippen LogP contribution < -0.4 is 10.2 Å². The van der Waals surface area contributed by atoms with Crippen LogP contribution in [-0.2, 0) is 4.74 Å². The van der Waals surface area contributed by atoms with Crippen molar-refractivity contribution < 1.29 is 13.9 Å². The minimum Gasteiger partial charge on any atom is -0.375 e. The molecule has 1 aliphatic heterocycles. The van der Waals surface area contributed by atoms with Crippen LogP contribution in [0.5, 0.6) is 0 Å². The fraction of sp³-hybridized carbons (Fsp3) is 0.278. The molecule has 3 rings (SSSR count). The molecule has 2 aromatic rings. The number of nitrogens with one attached hydrogen (secondary N) is 1. The number of ether oxygens (including phenoxy) is 1. The van der Waals surface area contributed by atoms with Crippen molar-refractivity contribution in [3.05, 3.63) is 59.9 Å². The molecule has 0 aromatic heterocycles. The van der Waals surface area contributed by atoms with Gasteiger partial charge in [-0.05, 0) is 43.3 Å². The Labute approximate surface area is 134 Å². The number of carbonyl (C=O) groups excluding carboxylic acids is 1. The Bertz CT molecular complexity index is 688. The predicted octanol–water partition coefficient (Wildman–Crippen LogP) is 3.30. The minimum absolute atomic E-state index is 0.0404. The number of carbonyl (C=O) groups is 1. The molecule has 5 heteroatoms. The second-order valence-corrected chi connectivity index (χ2v) is 5.61. The fourth-order valence-corrected chi connectivity index (χ4v) is 2.65. The number of hydrogen-bond acceptors (Lipinski definition) is 3. The molecule has 2 aromatic carbocycles. The van der Waals surface area contributed by atoms with Crippen molar-refractivity contribution in [1.29, 1.82) is 0 Å². The molecule has 1 atom stereocenters. The molecule has 120 valence electrons. The van der Waals surface area contributed by atoms with E-state index in [2.05, 4.69) is 17.1 Å². The van der Waals surface area contributed by atoms with Gasteiger partial charge >= 0.3 is 0 Å². The third-order valence-corrected chi connectivity index (χ3v) is 3.85. The highest BCUT2D eigenvalue weighted by molar-refractivity contribution is 6.04. The van der Waals surface area contributed by atoms with Gasteiger partial charge in [0.25, 0.3) is 5.91 Å². The maximum Gasteiger partial charge on any atom is 0.258 e. The van der Waals surface area contributed by atoms with Crippen LogP contribution in [-0.4, -0.2) is 31.7 Å². The van der Waals surface area contributed by atoms with Gasteiger partial charge in [0.1, 0.15) is 5.82 Å². The zero-order valence-electron chi connectivity index (χ0n) is 13.0. The number of hydrogen-bond donors (Lipinski definition) is 1. The molecular weight excluding hydrogens is 295 g/mol. The van der Waals surface area contributed by atoms with Gasteiger partial charge < -0.3 is 15.0 Å². The SMILES string of the molecule is CC1CN(c2ccc(NC(=O)c3ccccc3F)cc2)CCO1. The molecule has 1 unspecified atom stereocenters. The summed E-state index contributed by atoms with van der Waals surface area (Å²) in [5, 5.41) is 2.72. The van der Waals surface area contributed by atoms with Crippen molar-refractivity contribution in [3.63, 3.8) is 0 Å². The van der Waals surface area contributed by atoms with E-state index in [1.807, 2.05) is 24.3 Å². The monoisotopic (exact) mass is 314 g/mol. The molecule has 1 N–H and O–H groups in total. The van der Waals surface area contributed by atoms with Gasteiger partial charge in [-0.15, -0.1) is 0 Å². The first-order valence-electron chi connectivity index (χ1n) is 7.66. The Morgan fingerprint density at radius 1 is 1.22 bits per heavy atom. The van der Waals surface area contributed by atoms with E-state index >= 15 is 0 Å². The molecule has 1 amide bonds. The van der Waals surface area contributed by atoms with Crippen molar-refractivity contribution in [2.75, 3.05) is 29.9 Å². The maximum atomic E-state index is 13.6. The van der Waals surface area contributed by atoms with Crippen molar-refractivity contribution >= 4 is 17.3 Å². The van der Waals surface area contributed by atoms with Crippen LogP contribution in [0.25, 0.3) is 0 Å². The number of amides is 1. The predicted molar refractivity (Wildman–Crippen MR) is 88.4 cm³/mol. The lowest BCUT2D eigenvalue weighted by Crippen LogP contribution is -2.41. The van der Waals surface area contributed by atoms with Gasteiger partial charge in [0.05, 0.1) is 18.3 Å². The maximum absolute atomic E-state index is 13.6. The van der Waals surface area contributed by atoms with Gasteiger partial charge in [-0.2, -0.15) is 0 Å². The summed E-state index contributed by atoms with van der Waals surface area (Å²) in [4.78, 5) is 14.3. The number of anilines is 2. The molecule has 0 radical (unpaired) electrons. The second kappa shape index (κ2) is 6.79. The van der Waals surface area contributed by atoms with Crippen molar-refractivity contribution in [2.45, 2.75) is 13.0 Å². The lowest BCUT2D eigenvalue weighted by atomic mass is 10.2. The Hall–Kier alpha value is -2.40. The number of benzene rings is 2. The lowest BCUT2D eigenvalue weighted by Gasteiger charge is -2.33. The summed E-state index contributed by atoms with van der Waals surface area (Å²) in [7, 11) is 0. The van der Waals surface area contributed by atoms with Crippen LogP contribution in [0.1, 0.15) is 17.3 Å². The smallest absolute Gasteiger partial charge is 0.258 e. The molecule has 0 spiro atoms. The van der Waals surface area contributed by atoms with Gasteiger partial charge in [0, 0.05) is 24.5 Å². The van der Waals surface area contributed by atoms with Crippen LogP contribution in [0.4, 0.5) is 15.8 Å². The van der Waals surface area contributed by atoms with Gasteiger partial charge in [-0.25, -0.2) is 4.39 Å². The molecular formula is C18H19FN2O2. The van der Waals surface area contributed by atoms with Gasteiger partial charge in [-0.1, -0.05) is 12.1 Å². The van der Waals surface area contributed by atoms with E-state index in [4.69, 9.17) is 4.74 Å². The zero-order chi connectivity index (χ0) is 16.2. The molecule has 0 saturated carbocycles. The van der Waals surface area contributed by atoms with E-state index in [1.54, 1.807) is 12.1 Å². The third kappa shape index (κ3) is 3.68. The standard InChI is InChI=1S/C18H19FN2O2/c1-13-12-21(10-11-23-13)15-8-6-14(7-9-15)20-18(22)16-4-2-3-5-17(16)19/h2-9,13H,10-12H2,1H3,(H,20,22). The molecule has 1 saturated heterocycles. The highest BCUT2D eigenvalue weighted by Crippen LogP contribution is 2.21. The first-order chi connectivity index (χ1) is 11.1. The molecule has 1 heterocycles. The zero-order valence-corrected chi connectivity index (χ0v) is 13.0. The quantitative estimate of drug-likeness (QED) is 0.945. The molecule has 1 fully saturated rings. The summed E-state index contributed by atoms with van der Waals surface area (Å²) in [5.74, 6) is -0.972. The summed E-state index contributed by atoms with van der Waals surface area (Å²) >= 11 is 0. The van der Waals surface area contributed by atoms with Crippen molar-refractivity contribution in [3.8, 4) is 0 Å². The number of halogens is 1. The van der Waals surface area contributed by atoms with Crippen LogP contribution in [0.2, 0.25) is 0 Å². The average Bonchev–Trinajstić information content (AvgIpc) is 2.56. The average molecular weight is 314 g/mol. The van der Waals surface area contributed by atoms with Crippen LogP contribution in [0.3, 0.4) is 0 Å². The summed E-state index contributed by atoms with van der Waals surface area (Å²) in [6, 6.07) is 13.5. The molecule has 23 heavy (non-hydrogen) atoms. The molecule has 4 nitrogen and oxygen atoms in total. The topological polar surface area (TPSA) is 41.6 Å². The van der Waals surface area contributed by atoms with E-state index in [1.165, 1.54) is 12.1 Å². The summed E-state index contributed by atoms with van der Waals surface area (Å²) in [6.07, 6.45) is 0.212. The minimum atomic E-state index is -0.524. The lowest BCUT2D eigenvalue weighted by molar-refractivity contribution is 0.0532. The van der Waals surface area contributed by atoms with E-state index < -0.39 is 11.7 Å².